The van der Waals surface area contributed by atoms with Crippen LogP contribution in [-0.4, -0.2) is 244 Å². The van der Waals surface area contributed by atoms with Crippen molar-refractivity contribution in [3.05, 3.63) is 11.6 Å². The van der Waals surface area contributed by atoms with E-state index in [2.05, 4.69) is 40.7 Å². The second kappa shape index (κ2) is 22.4. The Hall–Kier alpha value is -2.16. The normalized spacial score (nSPS) is 53.5. The lowest BCUT2D eigenvalue weighted by atomic mass is 9.33. The third-order valence-corrected chi connectivity index (χ3v) is 21.5. The maximum atomic E-state index is 15.5. The van der Waals surface area contributed by atoms with Crippen molar-refractivity contribution in [3.63, 3.8) is 0 Å². The average molecular weight is 1140 g/mol. The predicted molar refractivity (Wildman–Crippen MR) is 265 cm³/mol. The van der Waals surface area contributed by atoms with E-state index in [1.54, 1.807) is 6.92 Å². The summed E-state index contributed by atoms with van der Waals surface area (Å²) in [6.07, 6.45) is -30.3. The Bertz CT molecular complexity index is 2220. The minimum atomic E-state index is -2.08. The summed E-state index contributed by atoms with van der Waals surface area (Å²) < 4.78 is 47.2. The SMILES string of the molecule is CC1(C)CC[C@]2(C(=O)O[C@@H]3O[C@H](CO[C@@H]4O[C@H](CO)[C@@H](O)[C@H](O)[C@H]4O[C@@H]4O[C@H](CO)[C@@H](O)[C@H](O)[C@H]4O)[C@@H](O)[C@H](O[C@@H]4O[C@H](CO)[C@@H](O)[C@H](O)[C@H]4O)[C@H]3O)CC[C@]3(C)C(=CC[C@@H]4[C@@]5(C)CC[C@H](O)[C@@](C)(C(=O)O)[C@@H]5CC[C@]43C)[C@@H]2C1. The van der Waals surface area contributed by atoms with E-state index in [1.807, 2.05) is 0 Å². The molecule has 29 atom stereocenters. The Labute approximate surface area is 457 Å². The van der Waals surface area contributed by atoms with E-state index >= 15 is 4.79 Å². The summed E-state index contributed by atoms with van der Waals surface area (Å²) in [5.41, 5.74) is -2.84. The van der Waals surface area contributed by atoms with Gasteiger partial charge in [-0.1, -0.05) is 46.3 Å². The Morgan fingerprint density at radius 2 is 1.09 bits per heavy atom. The molecule has 5 aliphatic carbocycles. The van der Waals surface area contributed by atoms with Crippen LogP contribution < -0.4 is 0 Å². The number of allylic oxidation sites excluding steroid dienone is 2. The number of carbonyl (C=O) groups excluding carboxylic acids is 1. The molecule has 25 nitrogen and oxygen atoms in total. The summed E-state index contributed by atoms with van der Waals surface area (Å²) in [7, 11) is 0. The number of carboxylic acid groups (broad SMARTS) is 1. The zero-order valence-electron chi connectivity index (χ0n) is 45.6. The number of hydrogen-bond acceptors (Lipinski definition) is 24. The minimum Gasteiger partial charge on any atom is -0.481 e. The molecular formula is C54H86O25. The van der Waals surface area contributed by atoms with Crippen LogP contribution in [-0.2, 0) is 47.5 Å². The zero-order valence-corrected chi connectivity index (χ0v) is 45.6. The lowest BCUT2D eigenvalue weighted by Crippen LogP contribution is -2.67. The highest BCUT2D eigenvalue weighted by molar-refractivity contribution is 5.79. The van der Waals surface area contributed by atoms with E-state index in [1.165, 1.54) is 0 Å². The highest BCUT2D eigenvalue weighted by Gasteiger charge is 2.71. The second-order valence-electron chi connectivity index (χ2n) is 26.1. The summed E-state index contributed by atoms with van der Waals surface area (Å²) >= 11 is 0. The standard InChI is InChI=1S/C54H86O25/c1-49(2)13-15-54(16-14-51(4)22(23(54)17-49)7-8-28-50(3)11-10-30(58)53(6,47(69)70)29(50)9-12-52(28,51)5)48(71)79-45-40(68)41(77-43-38(66)35(63)31(59)24(18-55)73-43)34(62)27(76-45)21-72-46-42(37(65)33(61)26(20-57)75-46)78-44-39(67)36(64)32(60)25(19-56)74-44/h7,23-46,55-68H,8-21H2,1-6H3,(H,69,70)/t23-,24+,25+,26+,27+,28+,29+,30-,31+,32+,33+,34+,35-,36-,37-,38+,39+,40+,41-,42+,43-,44-,45-,46+,50+,51+,52+,53-,54-/m0/s1. The van der Waals surface area contributed by atoms with Crippen LogP contribution in [0.3, 0.4) is 0 Å². The van der Waals surface area contributed by atoms with Gasteiger partial charge in [0.1, 0.15) is 97.7 Å². The average Bonchev–Trinajstić information content (AvgIpc) is 3.28. The molecule has 0 unspecified atom stereocenters. The van der Waals surface area contributed by atoms with Gasteiger partial charge < -0.3 is 114 Å². The Kier molecular flexibility index (Phi) is 17.4. The molecule has 0 aromatic heterocycles. The molecule has 9 aliphatic rings. The highest BCUT2D eigenvalue weighted by atomic mass is 16.8. The van der Waals surface area contributed by atoms with Gasteiger partial charge in [0, 0.05) is 0 Å². The van der Waals surface area contributed by atoms with Gasteiger partial charge in [0.05, 0.1) is 43.4 Å². The third-order valence-electron chi connectivity index (χ3n) is 21.5. The van der Waals surface area contributed by atoms with Gasteiger partial charge in [-0.05, 0) is 111 Å². The predicted octanol–water partition coefficient (Wildman–Crippen LogP) is -2.97. The number of rotatable bonds is 13. The Morgan fingerprint density at radius 3 is 1.66 bits per heavy atom. The number of carboxylic acids is 1. The topological polar surface area (TPSA) is 411 Å². The molecule has 15 N–H and O–H groups in total. The molecule has 4 saturated carbocycles. The van der Waals surface area contributed by atoms with Crippen LogP contribution in [0.2, 0.25) is 0 Å². The van der Waals surface area contributed by atoms with Crippen LogP contribution in [0, 0.1) is 50.2 Å². The molecular weight excluding hydrogens is 1050 g/mol. The van der Waals surface area contributed by atoms with E-state index < -0.39 is 189 Å². The van der Waals surface area contributed by atoms with Gasteiger partial charge in [-0.15, -0.1) is 0 Å². The number of carbonyl (C=O) groups is 2. The van der Waals surface area contributed by atoms with Gasteiger partial charge in [-0.3, -0.25) is 9.59 Å². The van der Waals surface area contributed by atoms with E-state index in [-0.39, 0.29) is 28.6 Å². The summed E-state index contributed by atoms with van der Waals surface area (Å²) in [5, 5.41) is 162. The second-order valence-corrected chi connectivity index (χ2v) is 26.1. The number of esters is 1. The molecule has 4 saturated heterocycles. The van der Waals surface area contributed by atoms with Crippen molar-refractivity contribution in [2.45, 2.75) is 235 Å². The van der Waals surface area contributed by atoms with Crippen molar-refractivity contribution in [2.24, 2.45) is 50.2 Å². The number of hydrogen-bond donors (Lipinski definition) is 15. The molecule has 0 radical (unpaired) electrons. The van der Waals surface area contributed by atoms with E-state index in [9.17, 15) is 81.4 Å². The maximum Gasteiger partial charge on any atom is 0.315 e. The van der Waals surface area contributed by atoms with Crippen molar-refractivity contribution in [1.82, 2.24) is 0 Å². The van der Waals surface area contributed by atoms with Crippen molar-refractivity contribution < 1.29 is 124 Å². The third kappa shape index (κ3) is 9.95. The van der Waals surface area contributed by atoms with Crippen LogP contribution in [0.1, 0.15) is 106 Å². The Balaban J connectivity index is 1.01. The van der Waals surface area contributed by atoms with Gasteiger partial charge in [0.15, 0.2) is 18.9 Å². The van der Waals surface area contributed by atoms with Crippen LogP contribution in [0.25, 0.3) is 0 Å². The van der Waals surface area contributed by atoms with Crippen LogP contribution in [0.4, 0.5) is 0 Å². The van der Waals surface area contributed by atoms with Gasteiger partial charge in [-0.25, -0.2) is 0 Å². The van der Waals surface area contributed by atoms with Crippen LogP contribution in [0.15, 0.2) is 11.6 Å². The largest absolute Gasteiger partial charge is 0.481 e. The lowest BCUT2D eigenvalue weighted by Gasteiger charge is -2.71. The number of aliphatic carboxylic acids is 1. The molecule has 9 rings (SSSR count). The summed E-state index contributed by atoms with van der Waals surface area (Å²) in [4.78, 5) is 28.5. The highest BCUT2D eigenvalue weighted by Crippen LogP contribution is 2.76. The molecule has 8 fully saturated rings. The fourth-order valence-electron chi connectivity index (χ4n) is 16.3. The first-order valence-corrected chi connectivity index (χ1v) is 28.0. The van der Waals surface area contributed by atoms with Crippen LogP contribution in [0.5, 0.6) is 0 Å². The van der Waals surface area contributed by atoms with Gasteiger partial charge in [0.2, 0.25) is 6.29 Å². The number of fused-ring (bicyclic) bond motifs is 7. The van der Waals surface area contributed by atoms with Gasteiger partial charge in [-0.2, -0.15) is 0 Å². The molecule has 4 aliphatic heterocycles. The van der Waals surface area contributed by atoms with Gasteiger partial charge >= 0.3 is 11.9 Å². The fourth-order valence-corrected chi connectivity index (χ4v) is 16.3. The molecule has 0 bridgehead atoms. The quantitative estimate of drug-likeness (QED) is 0.0647. The molecule has 79 heavy (non-hydrogen) atoms. The van der Waals surface area contributed by atoms with E-state index in [0.29, 0.717) is 64.2 Å². The molecule has 0 aromatic rings. The summed E-state index contributed by atoms with van der Waals surface area (Å²) in [6, 6.07) is 0. The first-order valence-electron chi connectivity index (χ1n) is 28.0. The number of ether oxygens (including phenoxy) is 8. The van der Waals surface area contributed by atoms with E-state index in [4.69, 9.17) is 37.9 Å². The molecule has 0 spiro atoms. The van der Waals surface area contributed by atoms with Crippen molar-refractivity contribution >= 4 is 11.9 Å². The molecule has 4 heterocycles. The number of aliphatic hydroxyl groups is 14. The fraction of sp³-hybridized carbons (Fsp3) is 0.926. The van der Waals surface area contributed by atoms with Crippen molar-refractivity contribution in [1.29, 1.82) is 0 Å². The van der Waals surface area contributed by atoms with E-state index in [0.717, 1.165) is 5.57 Å². The molecule has 0 amide bonds. The molecule has 25 heteroatoms. The maximum absolute atomic E-state index is 15.5. The zero-order chi connectivity index (χ0) is 57.9. The summed E-state index contributed by atoms with van der Waals surface area (Å²) in [5.74, 6) is -2.32. The monoisotopic (exact) mass is 1130 g/mol. The summed E-state index contributed by atoms with van der Waals surface area (Å²) in [6.45, 7) is 9.34. The number of aliphatic hydroxyl groups excluding tert-OH is 14. The smallest absolute Gasteiger partial charge is 0.315 e. The minimum absolute atomic E-state index is 0.0585. The lowest BCUT2D eigenvalue weighted by molar-refractivity contribution is -0.377. The van der Waals surface area contributed by atoms with Crippen molar-refractivity contribution in [2.75, 3.05) is 26.4 Å². The van der Waals surface area contributed by atoms with Crippen molar-refractivity contribution in [3.8, 4) is 0 Å². The van der Waals surface area contributed by atoms with Gasteiger partial charge in [0.25, 0.3) is 0 Å². The first-order chi connectivity index (χ1) is 37.0. The van der Waals surface area contributed by atoms with Crippen LogP contribution >= 0.6 is 0 Å². The molecule has 452 valence electrons. The Morgan fingerprint density at radius 1 is 0.557 bits per heavy atom. The molecule has 0 aromatic carbocycles. The first kappa shape index (κ1) is 61.4.